The standard InChI is InChI=1S/C62H65BN2O/c1-58(2,3)40-21-28-49-51(33-40)64(43-23-18-38(19-24-43)39-20-26-46-45-16-14-15-17-55(45)66-56(46)32-39)53-35-42(60(7,8)9)36-54-57(53)63(49)50-29-22-41(59(4,5)6)34-52(50)65(54)44-25-27-47-48(37-44)62(12,13)31-30-61(47,10)11/h14-29,32-37H,30-31H2,1-13H3. The topological polar surface area (TPSA) is 19.6 Å². The largest absolute Gasteiger partial charge is 0.456 e. The molecule has 0 saturated heterocycles. The Kier molecular flexibility index (Phi) is 9.21. The summed E-state index contributed by atoms with van der Waals surface area (Å²) in [6.45, 7) is 31.0. The van der Waals surface area contributed by atoms with Crippen molar-refractivity contribution in [3.8, 4) is 11.1 Å². The molecule has 7 aromatic carbocycles. The van der Waals surface area contributed by atoms with Crippen LogP contribution in [-0.4, -0.2) is 6.71 Å². The van der Waals surface area contributed by atoms with E-state index in [-0.39, 0.29) is 33.8 Å². The van der Waals surface area contributed by atoms with E-state index < -0.39 is 0 Å². The predicted octanol–water partition coefficient (Wildman–Crippen LogP) is 15.6. The Hall–Kier alpha value is -6.00. The second kappa shape index (κ2) is 14.3. The van der Waals surface area contributed by atoms with Gasteiger partial charge in [-0.15, -0.1) is 0 Å². The lowest BCUT2D eigenvalue weighted by molar-refractivity contribution is 0.332. The minimum atomic E-state index is -0.111. The number of para-hydroxylation sites is 1. The van der Waals surface area contributed by atoms with Gasteiger partial charge in [-0.05, 0) is 162 Å². The molecule has 66 heavy (non-hydrogen) atoms. The molecule has 8 aromatic rings. The quantitative estimate of drug-likeness (QED) is 0.165. The average Bonchev–Trinajstić information content (AvgIpc) is 3.64. The van der Waals surface area contributed by atoms with Gasteiger partial charge in [0.15, 0.2) is 0 Å². The number of hydrogen-bond acceptors (Lipinski definition) is 3. The van der Waals surface area contributed by atoms with E-state index in [0.717, 1.165) is 33.2 Å². The van der Waals surface area contributed by atoms with Crippen molar-refractivity contribution in [3.63, 3.8) is 0 Å². The van der Waals surface area contributed by atoms with Crippen LogP contribution in [0, 0.1) is 0 Å². The molecular formula is C62H65BN2O. The van der Waals surface area contributed by atoms with Gasteiger partial charge in [0.25, 0.3) is 6.71 Å². The molecule has 0 amide bonds. The van der Waals surface area contributed by atoms with Gasteiger partial charge in [0.1, 0.15) is 11.2 Å². The van der Waals surface area contributed by atoms with Crippen molar-refractivity contribution in [2.45, 2.75) is 130 Å². The van der Waals surface area contributed by atoms with E-state index in [1.165, 1.54) is 91.0 Å². The Balaban J connectivity index is 1.17. The highest BCUT2D eigenvalue weighted by Crippen LogP contribution is 2.51. The molecule has 0 bridgehead atoms. The number of rotatable bonds is 3. The highest BCUT2D eigenvalue weighted by Gasteiger charge is 2.45. The van der Waals surface area contributed by atoms with Gasteiger partial charge in [-0.3, -0.25) is 0 Å². The Morgan fingerprint density at radius 3 is 1.53 bits per heavy atom. The maximum Gasteiger partial charge on any atom is 0.252 e. The van der Waals surface area contributed by atoms with Crippen LogP contribution in [0.4, 0.5) is 34.1 Å². The second-order valence-corrected chi connectivity index (χ2v) is 24.2. The third-order valence-corrected chi connectivity index (χ3v) is 15.6. The molecule has 0 atom stereocenters. The number of nitrogens with zero attached hydrogens (tertiary/aromatic N) is 2. The Morgan fingerprint density at radius 1 is 0.439 bits per heavy atom. The van der Waals surface area contributed by atoms with Crippen molar-refractivity contribution in [3.05, 3.63) is 161 Å². The summed E-state index contributed by atoms with van der Waals surface area (Å²) >= 11 is 0. The molecule has 3 nitrogen and oxygen atoms in total. The van der Waals surface area contributed by atoms with Crippen LogP contribution in [0.1, 0.15) is 131 Å². The molecule has 4 heteroatoms. The molecule has 3 aliphatic rings. The van der Waals surface area contributed by atoms with Gasteiger partial charge in [0, 0.05) is 44.9 Å². The summed E-state index contributed by atoms with van der Waals surface area (Å²) in [5.74, 6) is 0. The highest BCUT2D eigenvalue weighted by molar-refractivity contribution is 7.00. The van der Waals surface area contributed by atoms with Gasteiger partial charge in [0.2, 0.25) is 0 Å². The number of furan rings is 1. The first-order valence-corrected chi connectivity index (χ1v) is 24.3. The lowest BCUT2D eigenvalue weighted by atomic mass is 9.33. The molecule has 0 unspecified atom stereocenters. The van der Waals surface area contributed by atoms with Crippen molar-refractivity contribution in [2.75, 3.05) is 9.80 Å². The molecule has 0 N–H and O–H groups in total. The Bertz CT molecular complexity index is 3270. The van der Waals surface area contributed by atoms with Crippen molar-refractivity contribution in [1.82, 2.24) is 0 Å². The first kappa shape index (κ1) is 42.6. The first-order chi connectivity index (χ1) is 31.1. The molecule has 332 valence electrons. The Morgan fingerprint density at radius 2 is 0.939 bits per heavy atom. The maximum atomic E-state index is 6.35. The van der Waals surface area contributed by atoms with Crippen molar-refractivity contribution >= 4 is 79.2 Å². The molecule has 2 aliphatic heterocycles. The summed E-state index contributed by atoms with van der Waals surface area (Å²) in [5.41, 5.74) is 22.7. The minimum absolute atomic E-state index is 0.0197. The summed E-state index contributed by atoms with van der Waals surface area (Å²) < 4.78 is 6.35. The third kappa shape index (κ3) is 6.68. The highest BCUT2D eigenvalue weighted by atomic mass is 16.3. The zero-order valence-corrected chi connectivity index (χ0v) is 41.5. The van der Waals surface area contributed by atoms with Gasteiger partial charge in [-0.2, -0.15) is 0 Å². The first-order valence-electron chi connectivity index (χ1n) is 24.3. The fraction of sp³-hybridized carbons (Fsp3) is 0.323. The summed E-state index contributed by atoms with van der Waals surface area (Å²) in [5, 5.41) is 2.30. The predicted molar refractivity (Wildman–Crippen MR) is 285 cm³/mol. The van der Waals surface area contributed by atoms with Gasteiger partial charge < -0.3 is 14.2 Å². The summed E-state index contributed by atoms with van der Waals surface area (Å²) in [4.78, 5) is 5.24. The second-order valence-electron chi connectivity index (χ2n) is 24.2. The van der Waals surface area contributed by atoms with Crippen LogP contribution in [0.3, 0.4) is 0 Å². The van der Waals surface area contributed by atoms with Crippen LogP contribution < -0.4 is 26.2 Å². The smallest absolute Gasteiger partial charge is 0.252 e. The van der Waals surface area contributed by atoms with E-state index in [2.05, 4.69) is 227 Å². The van der Waals surface area contributed by atoms with E-state index in [0.29, 0.717) is 0 Å². The fourth-order valence-electron chi connectivity index (χ4n) is 11.3. The van der Waals surface area contributed by atoms with Crippen LogP contribution in [-0.2, 0) is 27.1 Å². The van der Waals surface area contributed by atoms with E-state index in [9.17, 15) is 0 Å². The summed E-state index contributed by atoms with van der Waals surface area (Å²) in [6.07, 6.45) is 2.37. The van der Waals surface area contributed by atoms with Crippen molar-refractivity contribution in [2.24, 2.45) is 0 Å². The summed E-state index contributed by atoms with van der Waals surface area (Å²) in [7, 11) is 0. The van der Waals surface area contributed by atoms with Gasteiger partial charge in [-0.25, -0.2) is 0 Å². The minimum Gasteiger partial charge on any atom is -0.456 e. The third-order valence-electron chi connectivity index (χ3n) is 15.6. The normalized spacial score (nSPS) is 16.3. The van der Waals surface area contributed by atoms with Crippen LogP contribution in [0.5, 0.6) is 0 Å². The van der Waals surface area contributed by atoms with Crippen molar-refractivity contribution in [1.29, 1.82) is 0 Å². The summed E-state index contributed by atoms with van der Waals surface area (Å²) in [6, 6.07) is 51.5. The molecule has 1 aromatic heterocycles. The number of benzene rings is 7. The molecule has 1 aliphatic carbocycles. The fourth-order valence-corrected chi connectivity index (χ4v) is 11.3. The van der Waals surface area contributed by atoms with E-state index >= 15 is 0 Å². The molecule has 3 heterocycles. The van der Waals surface area contributed by atoms with E-state index in [1.807, 2.05) is 6.07 Å². The van der Waals surface area contributed by atoms with Crippen LogP contribution in [0.2, 0.25) is 0 Å². The van der Waals surface area contributed by atoms with Gasteiger partial charge in [-0.1, -0.05) is 157 Å². The molecule has 0 spiro atoms. The van der Waals surface area contributed by atoms with Gasteiger partial charge >= 0.3 is 0 Å². The zero-order chi connectivity index (χ0) is 46.5. The Labute approximate surface area is 393 Å². The van der Waals surface area contributed by atoms with Crippen molar-refractivity contribution < 1.29 is 4.42 Å². The van der Waals surface area contributed by atoms with Crippen LogP contribution in [0.25, 0.3) is 33.1 Å². The monoisotopic (exact) mass is 865 g/mol. The van der Waals surface area contributed by atoms with Gasteiger partial charge in [0.05, 0.1) is 0 Å². The number of anilines is 6. The molecule has 0 radical (unpaired) electrons. The maximum absolute atomic E-state index is 6.35. The molecule has 0 saturated carbocycles. The number of fused-ring (bicyclic) bond motifs is 8. The lowest BCUT2D eigenvalue weighted by Gasteiger charge is -2.46. The van der Waals surface area contributed by atoms with E-state index in [4.69, 9.17) is 4.42 Å². The molecule has 11 rings (SSSR count). The lowest BCUT2D eigenvalue weighted by Crippen LogP contribution is -2.61. The van der Waals surface area contributed by atoms with Crippen LogP contribution >= 0.6 is 0 Å². The van der Waals surface area contributed by atoms with E-state index in [1.54, 1.807) is 0 Å². The zero-order valence-electron chi connectivity index (χ0n) is 41.5. The number of hydrogen-bond donors (Lipinski definition) is 0. The van der Waals surface area contributed by atoms with Crippen LogP contribution in [0.15, 0.2) is 138 Å². The molecular weight excluding hydrogens is 800 g/mol. The molecule has 0 fully saturated rings. The SMILES string of the molecule is CC(C)(C)c1ccc2c(c1)N(c1ccc(-c3ccc4c(c3)oc3ccccc34)cc1)c1cc(C(C)(C)C)cc3c1B2c1ccc(C(C)(C)C)cc1N3c1ccc2c(c1)C(C)(C)CCC2(C)C. The average molecular weight is 865 g/mol.